The largest absolute Gasteiger partial charge is 0.484 e. The summed E-state index contributed by atoms with van der Waals surface area (Å²) >= 11 is 0.786. The number of para-hydroxylation sites is 1. The zero-order valence-electron chi connectivity index (χ0n) is 21.2. The minimum Gasteiger partial charge on any atom is -0.484 e. The van der Waals surface area contributed by atoms with E-state index in [0.717, 1.165) is 33.4 Å². The molecule has 1 saturated heterocycles. The molecule has 4 amide bonds. The van der Waals surface area contributed by atoms with Crippen LogP contribution in [0.3, 0.4) is 0 Å². The molecule has 8 nitrogen and oxygen atoms in total. The highest BCUT2D eigenvalue weighted by molar-refractivity contribution is 8.18. The fraction of sp³-hybridized carbons (Fsp3) is 0.172. The number of hydrogen-bond donors (Lipinski definition) is 2. The van der Waals surface area contributed by atoms with Gasteiger partial charge in [0.25, 0.3) is 17.1 Å². The number of nitrogens with zero attached hydrogens (tertiary/aromatic N) is 1. The van der Waals surface area contributed by atoms with Gasteiger partial charge in [0.15, 0.2) is 6.61 Å². The number of nitrogens with one attached hydrogen (secondary N) is 2. The maximum Gasteiger partial charge on any atom is 0.294 e. The molecule has 1 aliphatic heterocycles. The molecule has 194 valence electrons. The molecular weight excluding hydrogens is 502 g/mol. The molecule has 0 spiro atoms. The Labute approximate surface area is 225 Å². The van der Waals surface area contributed by atoms with E-state index in [9.17, 15) is 19.2 Å². The Kier molecular flexibility index (Phi) is 8.28. The van der Waals surface area contributed by atoms with Crippen LogP contribution in [-0.4, -0.2) is 41.0 Å². The molecule has 1 heterocycles. The molecule has 3 aromatic carbocycles. The Morgan fingerprint density at radius 3 is 2.18 bits per heavy atom. The second kappa shape index (κ2) is 11.8. The lowest BCUT2D eigenvalue weighted by Gasteiger charge is -2.15. The van der Waals surface area contributed by atoms with Gasteiger partial charge in [-0.2, -0.15) is 0 Å². The van der Waals surface area contributed by atoms with Crippen molar-refractivity contribution in [1.82, 2.24) is 4.90 Å². The normalized spacial score (nSPS) is 14.1. The van der Waals surface area contributed by atoms with Crippen LogP contribution < -0.4 is 15.4 Å². The summed E-state index contributed by atoms with van der Waals surface area (Å²) in [5, 5.41) is 5.06. The molecule has 1 aliphatic rings. The van der Waals surface area contributed by atoms with Gasteiger partial charge < -0.3 is 15.4 Å². The molecule has 38 heavy (non-hydrogen) atoms. The summed E-state index contributed by atoms with van der Waals surface area (Å²) in [5.41, 5.74) is 4.93. The molecule has 0 radical (unpaired) electrons. The fourth-order valence-corrected chi connectivity index (χ4v) is 4.60. The number of anilines is 2. The summed E-state index contributed by atoms with van der Waals surface area (Å²) in [7, 11) is 0. The van der Waals surface area contributed by atoms with Gasteiger partial charge in [0, 0.05) is 11.4 Å². The first-order valence-electron chi connectivity index (χ1n) is 11.9. The van der Waals surface area contributed by atoms with E-state index in [2.05, 4.69) is 10.6 Å². The maximum absolute atomic E-state index is 12.8. The minimum atomic E-state index is -0.523. The number of hydrogen-bond acceptors (Lipinski definition) is 6. The monoisotopic (exact) mass is 529 g/mol. The van der Waals surface area contributed by atoms with Crippen LogP contribution in [0.2, 0.25) is 0 Å². The van der Waals surface area contributed by atoms with Gasteiger partial charge in [-0.3, -0.25) is 24.1 Å². The Morgan fingerprint density at radius 2 is 1.53 bits per heavy atom. The molecule has 2 N–H and O–H groups in total. The van der Waals surface area contributed by atoms with Crippen molar-refractivity contribution < 1.29 is 23.9 Å². The number of ether oxygens (including phenoxy) is 1. The maximum atomic E-state index is 12.8. The molecule has 3 aromatic rings. The van der Waals surface area contributed by atoms with Crippen molar-refractivity contribution in [2.75, 3.05) is 23.8 Å². The summed E-state index contributed by atoms with van der Waals surface area (Å²) in [6.07, 6.45) is 1.59. The van der Waals surface area contributed by atoms with Crippen LogP contribution in [0, 0.1) is 20.8 Å². The highest BCUT2D eigenvalue weighted by Crippen LogP contribution is 2.32. The zero-order chi connectivity index (χ0) is 27.2. The smallest absolute Gasteiger partial charge is 0.294 e. The van der Waals surface area contributed by atoms with E-state index in [1.165, 1.54) is 0 Å². The number of rotatable bonds is 8. The summed E-state index contributed by atoms with van der Waals surface area (Å²) < 4.78 is 5.54. The first-order chi connectivity index (χ1) is 18.2. The number of thioether (sulfide) groups is 1. The topological polar surface area (TPSA) is 105 Å². The second-order valence-corrected chi connectivity index (χ2v) is 9.85. The Bertz CT molecular complexity index is 1390. The van der Waals surface area contributed by atoms with Crippen molar-refractivity contribution in [2.24, 2.45) is 0 Å². The van der Waals surface area contributed by atoms with E-state index in [1.807, 2.05) is 63.2 Å². The highest BCUT2D eigenvalue weighted by atomic mass is 32.2. The zero-order valence-corrected chi connectivity index (χ0v) is 22.1. The lowest BCUT2D eigenvalue weighted by atomic mass is 10.1. The quantitative estimate of drug-likeness (QED) is 0.384. The summed E-state index contributed by atoms with van der Waals surface area (Å²) in [6, 6.07) is 19.9. The van der Waals surface area contributed by atoms with Crippen molar-refractivity contribution in [2.45, 2.75) is 20.8 Å². The van der Waals surface area contributed by atoms with Crippen LogP contribution >= 0.6 is 11.8 Å². The van der Waals surface area contributed by atoms with E-state index in [1.54, 1.807) is 30.3 Å². The van der Waals surface area contributed by atoms with Gasteiger partial charge in [-0.25, -0.2) is 0 Å². The number of carbonyl (C=O) groups is 4. The lowest BCUT2D eigenvalue weighted by molar-refractivity contribution is -0.127. The number of benzene rings is 3. The van der Waals surface area contributed by atoms with Gasteiger partial charge in [0.2, 0.25) is 5.91 Å². The summed E-state index contributed by atoms with van der Waals surface area (Å²) in [6.45, 7) is 5.20. The predicted molar refractivity (Wildman–Crippen MR) is 149 cm³/mol. The third-order valence-electron chi connectivity index (χ3n) is 5.80. The van der Waals surface area contributed by atoms with E-state index >= 15 is 0 Å². The van der Waals surface area contributed by atoms with Crippen LogP contribution in [-0.2, 0) is 14.4 Å². The van der Waals surface area contributed by atoms with Crippen molar-refractivity contribution in [3.8, 4) is 5.75 Å². The minimum absolute atomic E-state index is 0.157. The SMILES string of the molecule is Cc1ccc(NC(=O)COc2ccc(/C=C3/SC(=O)N(CC(=O)Nc4c(C)cccc4C)C3=O)cc2)cc1. The van der Waals surface area contributed by atoms with Crippen LogP contribution in [0.5, 0.6) is 5.75 Å². The van der Waals surface area contributed by atoms with Crippen LogP contribution in [0.25, 0.3) is 6.08 Å². The Balaban J connectivity index is 1.32. The average Bonchev–Trinajstić information content (AvgIpc) is 3.14. The molecule has 1 fully saturated rings. The van der Waals surface area contributed by atoms with Gasteiger partial charge in [-0.05, 0) is 79.6 Å². The van der Waals surface area contributed by atoms with Crippen LogP contribution in [0.15, 0.2) is 71.6 Å². The van der Waals surface area contributed by atoms with Crippen LogP contribution in [0.4, 0.5) is 16.2 Å². The van der Waals surface area contributed by atoms with Crippen molar-refractivity contribution in [3.05, 3.63) is 93.9 Å². The van der Waals surface area contributed by atoms with Gasteiger partial charge in [-0.1, -0.05) is 48.0 Å². The lowest BCUT2D eigenvalue weighted by Crippen LogP contribution is -2.36. The first-order valence-corrected chi connectivity index (χ1v) is 12.7. The molecule has 4 rings (SSSR count). The van der Waals surface area contributed by atoms with Gasteiger partial charge in [-0.15, -0.1) is 0 Å². The average molecular weight is 530 g/mol. The van der Waals surface area contributed by atoms with Gasteiger partial charge in [0.1, 0.15) is 12.3 Å². The highest BCUT2D eigenvalue weighted by Gasteiger charge is 2.36. The second-order valence-electron chi connectivity index (χ2n) is 8.85. The molecule has 0 aliphatic carbocycles. The van der Waals surface area contributed by atoms with Crippen molar-refractivity contribution >= 4 is 52.2 Å². The predicted octanol–water partition coefficient (Wildman–Crippen LogP) is 5.30. The number of amides is 4. The molecule has 0 saturated carbocycles. The summed E-state index contributed by atoms with van der Waals surface area (Å²) in [4.78, 5) is 51.1. The molecule has 0 bridgehead atoms. The van der Waals surface area contributed by atoms with E-state index in [0.29, 0.717) is 22.7 Å². The number of carbonyl (C=O) groups excluding carboxylic acids is 4. The van der Waals surface area contributed by atoms with E-state index in [4.69, 9.17) is 4.74 Å². The van der Waals surface area contributed by atoms with Crippen LogP contribution in [0.1, 0.15) is 22.3 Å². The number of imide groups is 1. The van der Waals surface area contributed by atoms with Gasteiger partial charge in [0.05, 0.1) is 4.91 Å². The fourth-order valence-electron chi connectivity index (χ4n) is 3.76. The Hall–Kier alpha value is -4.37. The Morgan fingerprint density at radius 1 is 0.868 bits per heavy atom. The van der Waals surface area contributed by atoms with Crippen molar-refractivity contribution in [1.29, 1.82) is 0 Å². The summed E-state index contributed by atoms with van der Waals surface area (Å²) in [5.74, 6) is -0.769. The van der Waals surface area contributed by atoms with Crippen molar-refractivity contribution in [3.63, 3.8) is 0 Å². The number of aryl methyl sites for hydroxylation is 3. The molecule has 0 aromatic heterocycles. The standard InChI is InChI=1S/C29H27N3O5S/c1-18-7-11-22(12-8-18)30-26(34)17-37-23-13-9-21(10-14-23)15-24-28(35)32(29(36)38-24)16-25(33)31-27-19(2)5-4-6-20(27)3/h4-15H,16-17H2,1-3H3,(H,30,34)(H,31,33)/b24-15+. The molecule has 0 unspecified atom stereocenters. The van der Waals surface area contributed by atoms with Gasteiger partial charge >= 0.3 is 0 Å². The van der Waals surface area contributed by atoms with E-state index < -0.39 is 17.1 Å². The van der Waals surface area contributed by atoms with E-state index in [-0.39, 0.29) is 24.0 Å². The third kappa shape index (κ3) is 6.68. The molecule has 9 heteroatoms. The molecule has 0 atom stereocenters. The molecular formula is C29H27N3O5S. The third-order valence-corrected chi connectivity index (χ3v) is 6.71. The first kappa shape index (κ1) is 26.7.